The average molecular weight is 307 g/mol. The first-order valence-corrected chi connectivity index (χ1v) is 8.51. The van der Waals surface area contributed by atoms with E-state index in [4.69, 9.17) is 4.74 Å². The highest BCUT2D eigenvalue weighted by Gasteiger charge is 2.46. The van der Waals surface area contributed by atoms with Crippen LogP contribution in [0.25, 0.3) is 0 Å². The van der Waals surface area contributed by atoms with Crippen molar-refractivity contribution < 1.29 is 9.53 Å². The molecular formula is C19H33NO2. The number of carbonyl (C=O) groups excluding carboxylic acids is 1. The summed E-state index contributed by atoms with van der Waals surface area (Å²) >= 11 is 0. The lowest BCUT2D eigenvalue weighted by molar-refractivity contribution is -0.116. The number of carbonyl (C=O) groups is 1. The molecule has 0 aliphatic carbocycles. The SMILES string of the molecule is CC(C=CCC(C)CCC1OC1(C)C)=CC(=O)NCC(C)C. The monoisotopic (exact) mass is 307 g/mol. The summed E-state index contributed by atoms with van der Waals surface area (Å²) in [6.45, 7) is 13.5. The molecule has 1 aliphatic heterocycles. The van der Waals surface area contributed by atoms with Gasteiger partial charge >= 0.3 is 0 Å². The van der Waals surface area contributed by atoms with E-state index in [9.17, 15) is 4.79 Å². The van der Waals surface area contributed by atoms with Gasteiger partial charge in [0.05, 0.1) is 11.7 Å². The fourth-order valence-electron chi connectivity index (χ4n) is 2.39. The minimum absolute atomic E-state index is 0.00277. The first kappa shape index (κ1) is 19.0. The number of hydrogen-bond acceptors (Lipinski definition) is 2. The third kappa shape index (κ3) is 7.79. The summed E-state index contributed by atoms with van der Waals surface area (Å²) in [7, 11) is 0. The summed E-state index contributed by atoms with van der Waals surface area (Å²) in [5, 5.41) is 2.90. The second-order valence-corrected chi connectivity index (χ2v) is 7.56. The molecule has 2 unspecified atom stereocenters. The number of hydrogen-bond donors (Lipinski definition) is 1. The molecule has 3 nitrogen and oxygen atoms in total. The van der Waals surface area contributed by atoms with Crippen LogP contribution in [0.2, 0.25) is 0 Å². The van der Waals surface area contributed by atoms with Crippen LogP contribution in [0.15, 0.2) is 23.8 Å². The molecule has 3 heteroatoms. The number of nitrogens with one attached hydrogen (secondary N) is 1. The van der Waals surface area contributed by atoms with Gasteiger partial charge in [0, 0.05) is 12.6 Å². The van der Waals surface area contributed by atoms with E-state index in [0.29, 0.717) is 17.9 Å². The molecule has 1 heterocycles. The van der Waals surface area contributed by atoms with Crippen molar-refractivity contribution in [1.82, 2.24) is 5.32 Å². The van der Waals surface area contributed by atoms with Crippen LogP contribution < -0.4 is 5.32 Å². The lowest BCUT2D eigenvalue weighted by atomic mass is 9.97. The standard InChI is InChI=1S/C19H33NO2/c1-14(2)13-20-18(21)12-16(4)9-7-8-15(3)10-11-17-19(5,6)22-17/h7,9,12,14-15,17H,8,10-11,13H2,1-6H3,(H,20,21). The largest absolute Gasteiger partial charge is 0.367 e. The number of epoxide rings is 1. The normalized spacial score (nSPS) is 22.1. The molecule has 0 saturated carbocycles. The maximum atomic E-state index is 11.7. The molecule has 1 amide bonds. The molecule has 0 aromatic heterocycles. The molecule has 126 valence electrons. The lowest BCUT2D eigenvalue weighted by Gasteiger charge is -2.07. The Balaban J connectivity index is 2.21. The Bertz CT molecular complexity index is 421. The van der Waals surface area contributed by atoms with Crippen molar-refractivity contribution in [2.75, 3.05) is 6.54 Å². The molecule has 0 aromatic carbocycles. The number of allylic oxidation sites excluding steroid dienone is 3. The van der Waals surface area contributed by atoms with Crippen LogP contribution >= 0.6 is 0 Å². The predicted molar refractivity (Wildman–Crippen MR) is 92.7 cm³/mol. The van der Waals surface area contributed by atoms with Crippen LogP contribution in [0, 0.1) is 11.8 Å². The Labute approximate surface area is 136 Å². The fraction of sp³-hybridized carbons (Fsp3) is 0.737. The van der Waals surface area contributed by atoms with Crippen molar-refractivity contribution in [3.63, 3.8) is 0 Å². The van der Waals surface area contributed by atoms with E-state index >= 15 is 0 Å². The fourth-order valence-corrected chi connectivity index (χ4v) is 2.39. The molecule has 0 radical (unpaired) electrons. The smallest absolute Gasteiger partial charge is 0.244 e. The Hall–Kier alpha value is -1.09. The third-order valence-corrected chi connectivity index (χ3v) is 4.05. The second-order valence-electron chi connectivity index (χ2n) is 7.56. The quantitative estimate of drug-likeness (QED) is 0.393. The zero-order chi connectivity index (χ0) is 16.8. The van der Waals surface area contributed by atoms with Crippen LogP contribution in [0.1, 0.15) is 60.8 Å². The van der Waals surface area contributed by atoms with Gasteiger partial charge in [0.2, 0.25) is 5.91 Å². The summed E-state index contributed by atoms with van der Waals surface area (Å²) in [4.78, 5) is 11.7. The number of amides is 1. The van der Waals surface area contributed by atoms with Crippen LogP contribution in [-0.4, -0.2) is 24.2 Å². The summed E-state index contributed by atoms with van der Waals surface area (Å²) < 4.78 is 5.61. The third-order valence-electron chi connectivity index (χ3n) is 4.05. The average Bonchev–Trinajstić information content (AvgIpc) is 3.01. The minimum Gasteiger partial charge on any atom is -0.367 e. The highest BCUT2D eigenvalue weighted by Crippen LogP contribution is 2.39. The Morgan fingerprint density at radius 3 is 2.50 bits per heavy atom. The molecule has 22 heavy (non-hydrogen) atoms. The summed E-state index contributed by atoms with van der Waals surface area (Å²) in [5.41, 5.74) is 1.11. The van der Waals surface area contributed by atoms with Crippen molar-refractivity contribution in [3.8, 4) is 0 Å². The van der Waals surface area contributed by atoms with Gasteiger partial charge in [-0.3, -0.25) is 4.79 Å². The zero-order valence-electron chi connectivity index (χ0n) is 15.1. The van der Waals surface area contributed by atoms with Gasteiger partial charge in [0.25, 0.3) is 0 Å². The lowest BCUT2D eigenvalue weighted by Crippen LogP contribution is -2.25. The molecule has 0 bridgehead atoms. The van der Waals surface area contributed by atoms with Crippen molar-refractivity contribution in [2.24, 2.45) is 11.8 Å². The van der Waals surface area contributed by atoms with E-state index in [1.165, 1.54) is 6.42 Å². The van der Waals surface area contributed by atoms with E-state index in [-0.39, 0.29) is 11.5 Å². The summed E-state index contributed by atoms with van der Waals surface area (Å²) in [6, 6.07) is 0. The van der Waals surface area contributed by atoms with Crippen molar-refractivity contribution >= 4 is 5.91 Å². The van der Waals surface area contributed by atoms with Crippen LogP contribution in [0.3, 0.4) is 0 Å². The van der Waals surface area contributed by atoms with Gasteiger partial charge in [-0.25, -0.2) is 0 Å². The van der Waals surface area contributed by atoms with E-state index in [0.717, 1.165) is 25.0 Å². The van der Waals surface area contributed by atoms with Gasteiger partial charge in [-0.2, -0.15) is 0 Å². The van der Waals surface area contributed by atoms with Crippen molar-refractivity contribution in [3.05, 3.63) is 23.8 Å². The highest BCUT2D eigenvalue weighted by atomic mass is 16.6. The maximum absolute atomic E-state index is 11.7. The van der Waals surface area contributed by atoms with Gasteiger partial charge in [0.15, 0.2) is 0 Å². The molecule has 1 rings (SSSR count). The van der Waals surface area contributed by atoms with Crippen molar-refractivity contribution in [1.29, 1.82) is 0 Å². The highest BCUT2D eigenvalue weighted by molar-refractivity contribution is 5.88. The number of rotatable bonds is 9. The minimum atomic E-state index is -0.00277. The van der Waals surface area contributed by atoms with E-state index in [2.05, 4.69) is 46.0 Å². The molecule has 1 saturated heterocycles. The van der Waals surface area contributed by atoms with Gasteiger partial charge in [-0.1, -0.05) is 32.9 Å². The molecule has 1 N–H and O–H groups in total. The van der Waals surface area contributed by atoms with E-state index < -0.39 is 0 Å². The Kier molecular flexibility index (Phi) is 7.34. The second kappa shape index (κ2) is 8.52. The Morgan fingerprint density at radius 1 is 1.32 bits per heavy atom. The van der Waals surface area contributed by atoms with Gasteiger partial charge in [0.1, 0.15) is 0 Å². The first-order chi connectivity index (χ1) is 10.2. The van der Waals surface area contributed by atoms with E-state index in [1.54, 1.807) is 6.08 Å². The van der Waals surface area contributed by atoms with Crippen molar-refractivity contribution in [2.45, 2.75) is 72.5 Å². The van der Waals surface area contributed by atoms with Crippen LogP contribution in [-0.2, 0) is 9.53 Å². The molecule has 2 atom stereocenters. The van der Waals surface area contributed by atoms with Gasteiger partial charge in [-0.05, 0) is 57.4 Å². The first-order valence-electron chi connectivity index (χ1n) is 8.51. The molecule has 1 fully saturated rings. The van der Waals surface area contributed by atoms with Crippen LogP contribution in [0.5, 0.6) is 0 Å². The summed E-state index contributed by atoms with van der Waals surface area (Å²) in [6.07, 6.45) is 9.72. The molecule has 0 spiro atoms. The molecular weight excluding hydrogens is 274 g/mol. The molecule has 1 aliphatic rings. The Morgan fingerprint density at radius 2 is 1.95 bits per heavy atom. The van der Waals surface area contributed by atoms with Crippen LogP contribution in [0.4, 0.5) is 0 Å². The maximum Gasteiger partial charge on any atom is 0.244 e. The van der Waals surface area contributed by atoms with E-state index in [1.807, 2.05) is 13.0 Å². The molecule has 0 aromatic rings. The van der Waals surface area contributed by atoms with Gasteiger partial charge < -0.3 is 10.1 Å². The number of ether oxygens (including phenoxy) is 1. The summed E-state index contributed by atoms with van der Waals surface area (Å²) in [5.74, 6) is 1.13. The zero-order valence-corrected chi connectivity index (χ0v) is 15.1. The topological polar surface area (TPSA) is 41.6 Å². The predicted octanol–water partition coefficient (Wildman–Crippen LogP) is 4.24. The van der Waals surface area contributed by atoms with Gasteiger partial charge in [-0.15, -0.1) is 0 Å².